The van der Waals surface area contributed by atoms with Gasteiger partial charge >= 0.3 is 5.97 Å². The zero-order valence-corrected chi connectivity index (χ0v) is 22.4. The summed E-state index contributed by atoms with van der Waals surface area (Å²) in [4.78, 5) is 12.7. The van der Waals surface area contributed by atoms with Crippen molar-refractivity contribution in [3.05, 3.63) is 12.2 Å². The number of hydrogen-bond acceptors (Lipinski definition) is 2. The van der Waals surface area contributed by atoms with Gasteiger partial charge < -0.3 is 10.2 Å². The van der Waals surface area contributed by atoms with E-state index >= 15 is 0 Å². The molecular formula is C30H50O3. The van der Waals surface area contributed by atoms with E-state index in [0.29, 0.717) is 29.6 Å². The molecule has 0 aromatic carbocycles. The number of carboxylic acids is 1. The first-order valence-electron chi connectivity index (χ1n) is 13.8. The van der Waals surface area contributed by atoms with Crippen LogP contribution in [0.1, 0.15) is 106 Å². The summed E-state index contributed by atoms with van der Waals surface area (Å²) in [5, 5.41) is 21.3. The molecule has 0 saturated heterocycles. The third kappa shape index (κ3) is 3.34. The van der Waals surface area contributed by atoms with Crippen LogP contribution in [0.25, 0.3) is 0 Å². The summed E-state index contributed by atoms with van der Waals surface area (Å²) < 4.78 is 0. The van der Waals surface area contributed by atoms with Crippen LogP contribution in [-0.2, 0) is 4.79 Å². The summed E-state index contributed by atoms with van der Waals surface area (Å²) >= 11 is 0. The summed E-state index contributed by atoms with van der Waals surface area (Å²) in [7, 11) is 0. The van der Waals surface area contributed by atoms with Crippen molar-refractivity contribution in [2.75, 3.05) is 0 Å². The molecule has 10 unspecified atom stereocenters. The normalized spacial score (nSPS) is 51.5. The second-order valence-corrected chi connectivity index (χ2v) is 13.9. The van der Waals surface area contributed by atoms with Crippen molar-refractivity contribution >= 4 is 5.97 Å². The third-order valence-electron chi connectivity index (χ3n) is 12.7. The van der Waals surface area contributed by atoms with Gasteiger partial charge in [-0.05, 0) is 116 Å². The van der Waals surface area contributed by atoms with E-state index in [1.807, 2.05) is 0 Å². The Balaban J connectivity index is 1.71. The first-order valence-corrected chi connectivity index (χ1v) is 13.8. The number of aliphatic hydroxyl groups excluding tert-OH is 1. The van der Waals surface area contributed by atoms with Gasteiger partial charge in [0.05, 0.1) is 11.5 Å². The van der Waals surface area contributed by atoms with Crippen molar-refractivity contribution in [3.63, 3.8) is 0 Å². The number of aliphatic hydroxyl groups is 1. The Morgan fingerprint density at radius 3 is 2.15 bits per heavy atom. The van der Waals surface area contributed by atoms with E-state index in [9.17, 15) is 15.0 Å². The molecule has 0 aliphatic heterocycles. The lowest BCUT2D eigenvalue weighted by molar-refractivity contribution is -0.205. The molecule has 4 aliphatic carbocycles. The van der Waals surface area contributed by atoms with E-state index in [1.165, 1.54) is 24.8 Å². The highest BCUT2D eigenvalue weighted by Gasteiger charge is 2.65. The second kappa shape index (κ2) is 8.10. The Bertz CT molecular complexity index is 800. The quantitative estimate of drug-likeness (QED) is 0.433. The van der Waals surface area contributed by atoms with E-state index < -0.39 is 11.4 Å². The SMILES string of the molecule is C=C(C)C1CCC(CC)(C(=O)O)C1C1CCC2C(C)(CCC3C(C)(C)C(O)CCC32C)C1C. The van der Waals surface area contributed by atoms with Crippen LogP contribution >= 0.6 is 0 Å². The standard InChI is InChI=1S/C30H50O3/c1-9-30(26(32)33)17-12-20(18(2)3)25(30)21-10-11-23-28(7,19(21)4)15-13-22-27(5,6)24(31)14-16-29(22,23)8/h19-25,31H,2,9-17H2,1,3-8H3,(H,32,33). The Labute approximate surface area is 202 Å². The van der Waals surface area contributed by atoms with Crippen LogP contribution in [0.3, 0.4) is 0 Å². The minimum atomic E-state index is -0.593. The molecule has 0 aromatic rings. The predicted octanol–water partition coefficient (Wildman–Crippen LogP) is 7.34. The van der Waals surface area contributed by atoms with Crippen LogP contribution in [0, 0.1) is 57.2 Å². The van der Waals surface area contributed by atoms with Crippen molar-refractivity contribution in [1.29, 1.82) is 0 Å². The van der Waals surface area contributed by atoms with Crippen LogP contribution in [0.2, 0.25) is 0 Å². The molecule has 0 radical (unpaired) electrons. The molecule has 0 amide bonds. The Hall–Kier alpha value is -0.830. The van der Waals surface area contributed by atoms with Gasteiger partial charge in [-0.15, -0.1) is 0 Å². The maximum atomic E-state index is 12.7. The smallest absolute Gasteiger partial charge is 0.309 e. The molecular weight excluding hydrogens is 408 g/mol. The molecule has 3 nitrogen and oxygen atoms in total. The molecule has 0 heterocycles. The molecule has 2 N–H and O–H groups in total. The molecule has 4 aliphatic rings. The first-order chi connectivity index (χ1) is 15.3. The average Bonchev–Trinajstić information content (AvgIpc) is 3.13. The molecule has 10 atom stereocenters. The molecule has 0 bridgehead atoms. The van der Waals surface area contributed by atoms with Crippen molar-refractivity contribution in [1.82, 2.24) is 0 Å². The van der Waals surface area contributed by atoms with Crippen LogP contribution in [0.4, 0.5) is 0 Å². The number of carbonyl (C=O) groups is 1. The summed E-state index contributed by atoms with van der Waals surface area (Å²) in [5.41, 5.74) is 1.09. The number of allylic oxidation sites excluding steroid dienone is 1. The summed E-state index contributed by atoms with van der Waals surface area (Å²) in [5.74, 6) is 2.17. The van der Waals surface area contributed by atoms with Crippen LogP contribution in [0.15, 0.2) is 12.2 Å². The van der Waals surface area contributed by atoms with Crippen molar-refractivity contribution in [3.8, 4) is 0 Å². The van der Waals surface area contributed by atoms with Crippen molar-refractivity contribution < 1.29 is 15.0 Å². The third-order valence-corrected chi connectivity index (χ3v) is 12.7. The fourth-order valence-electron chi connectivity index (χ4n) is 10.6. The second-order valence-electron chi connectivity index (χ2n) is 13.9. The van der Waals surface area contributed by atoms with Crippen molar-refractivity contribution in [2.24, 2.45) is 57.2 Å². The number of aliphatic carboxylic acids is 1. The predicted molar refractivity (Wildman–Crippen MR) is 135 cm³/mol. The Morgan fingerprint density at radius 2 is 1.58 bits per heavy atom. The van der Waals surface area contributed by atoms with E-state index in [0.717, 1.165) is 38.5 Å². The van der Waals surface area contributed by atoms with E-state index in [4.69, 9.17) is 0 Å². The molecule has 0 spiro atoms. The van der Waals surface area contributed by atoms with Gasteiger partial charge in [-0.25, -0.2) is 0 Å². The molecule has 3 heteroatoms. The van der Waals surface area contributed by atoms with Gasteiger partial charge in [-0.3, -0.25) is 4.79 Å². The van der Waals surface area contributed by atoms with E-state index in [2.05, 4.69) is 55.0 Å². The van der Waals surface area contributed by atoms with Gasteiger partial charge in [0.2, 0.25) is 0 Å². The van der Waals surface area contributed by atoms with Gasteiger partial charge in [0, 0.05) is 0 Å². The zero-order valence-electron chi connectivity index (χ0n) is 22.4. The highest BCUT2D eigenvalue weighted by molar-refractivity contribution is 5.75. The lowest BCUT2D eigenvalue weighted by Crippen LogP contribution is -2.62. The lowest BCUT2D eigenvalue weighted by Gasteiger charge is -2.67. The van der Waals surface area contributed by atoms with Crippen LogP contribution in [0.5, 0.6) is 0 Å². The van der Waals surface area contributed by atoms with E-state index in [-0.39, 0.29) is 28.3 Å². The minimum absolute atomic E-state index is 0.0222. The van der Waals surface area contributed by atoms with Gasteiger partial charge in [-0.2, -0.15) is 0 Å². The van der Waals surface area contributed by atoms with Crippen molar-refractivity contribution in [2.45, 2.75) is 112 Å². The minimum Gasteiger partial charge on any atom is -0.481 e. The summed E-state index contributed by atoms with van der Waals surface area (Å²) in [6.45, 7) is 20.7. The van der Waals surface area contributed by atoms with Gasteiger partial charge in [-0.1, -0.05) is 53.7 Å². The number of fused-ring (bicyclic) bond motifs is 3. The average molecular weight is 459 g/mol. The van der Waals surface area contributed by atoms with Gasteiger partial charge in [0.1, 0.15) is 0 Å². The van der Waals surface area contributed by atoms with Crippen LogP contribution in [-0.4, -0.2) is 22.3 Å². The first kappa shape index (κ1) is 25.3. The largest absolute Gasteiger partial charge is 0.481 e. The number of carboxylic acid groups (broad SMARTS) is 1. The highest BCUT2D eigenvalue weighted by atomic mass is 16.4. The molecule has 4 saturated carbocycles. The monoisotopic (exact) mass is 458 g/mol. The summed E-state index contributed by atoms with van der Waals surface area (Å²) in [6.07, 6.45) is 9.13. The summed E-state index contributed by atoms with van der Waals surface area (Å²) in [6, 6.07) is 0. The lowest BCUT2D eigenvalue weighted by atomic mass is 9.37. The van der Waals surface area contributed by atoms with Gasteiger partial charge in [0.25, 0.3) is 0 Å². The molecule has 33 heavy (non-hydrogen) atoms. The molecule has 4 fully saturated rings. The molecule has 4 rings (SSSR count). The maximum Gasteiger partial charge on any atom is 0.309 e. The Morgan fingerprint density at radius 1 is 0.939 bits per heavy atom. The topological polar surface area (TPSA) is 57.5 Å². The Kier molecular flexibility index (Phi) is 6.21. The maximum absolute atomic E-state index is 12.7. The van der Waals surface area contributed by atoms with E-state index in [1.54, 1.807) is 0 Å². The molecule has 188 valence electrons. The van der Waals surface area contributed by atoms with Crippen LogP contribution < -0.4 is 0 Å². The zero-order chi connectivity index (χ0) is 24.6. The highest BCUT2D eigenvalue weighted by Crippen LogP contribution is 2.71. The molecule has 0 aromatic heterocycles. The number of rotatable bonds is 4. The fraction of sp³-hybridized carbons (Fsp3) is 0.900. The van der Waals surface area contributed by atoms with Gasteiger partial charge in [0.15, 0.2) is 0 Å². The number of hydrogen-bond donors (Lipinski definition) is 2. The fourth-order valence-corrected chi connectivity index (χ4v) is 10.6.